The van der Waals surface area contributed by atoms with E-state index >= 15 is 0 Å². The summed E-state index contributed by atoms with van der Waals surface area (Å²) in [5, 5.41) is 18.8. The van der Waals surface area contributed by atoms with Crippen LogP contribution in [0.15, 0.2) is 24.3 Å². The van der Waals surface area contributed by atoms with Crippen molar-refractivity contribution in [1.29, 1.82) is 0 Å². The first kappa shape index (κ1) is 22.8. The van der Waals surface area contributed by atoms with Crippen molar-refractivity contribution in [3.63, 3.8) is 0 Å². The normalized spacial score (nSPS) is 7.29. The average Bonchev–Trinajstić information content (AvgIpc) is 1.82. The van der Waals surface area contributed by atoms with Crippen LogP contribution in [0.2, 0.25) is 0 Å². The van der Waals surface area contributed by atoms with Gasteiger partial charge in [0.1, 0.15) is 0 Å². The Kier molecular flexibility index (Phi) is 22.6. The molecular formula is C8H18N2O4. The molecule has 0 aromatic heterocycles. The third-order valence-corrected chi connectivity index (χ3v) is 0.355. The van der Waals surface area contributed by atoms with Gasteiger partial charge in [-0.2, -0.15) is 0 Å². The lowest BCUT2D eigenvalue weighted by molar-refractivity contribution is -0.301. The van der Waals surface area contributed by atoms with E-state index in [-0.39, 0.29) is 12.3 Å². The van der Waals surface area contributed by atoms with Gasteiger partial charge in [0.05, 0.1) is 11.9 Å². The van der Waals surface area contributed by atoms with Crippen molar-refractivity contribution < 1.29 is 19.8 Å². The standard InChI is InChI=1S/C4H4O4.C4H8.2H3N/c5-3(6)1-2-4(7)8;1-4(2)3;;/h1-2H,(H,5,6)(H,7,8);1H2,2-3H3;2*1H3. The minimum atomic E-state index is -1.55. The minimum absolute atomic E-state index is 0. The second kappa shape index (κ2) is 13.9. The number of carbonyl (C=O) groups excluding carboxylic acids is 2. The molecule has 84 valence electrons. The van der Waals surface area contributed by atoms with E-state index < -0.39 is 11.9 Å². The van der Waals surface area contributed by atoms with Gasteiger partial charge in [0.2, 0.25) is 0 Å². The summed E-state index contributed by atoms with van der Waals surface area (Å²) in [5.41, 5.74) is 1.17. The van der Waals surface area contributed by atoms with Crippen LogP contribution < -0.4 is 22.5 Å². The highest BCUT2D eigenvalue weighted by atomic mass is 16.4. The third kappa shape index (κ3) is 80.9. The van der Waals surface area contributed by atoms with E-state index in [2.05, 4.69) is 6.58 Å². The molecule has 0 bridgehead atoms. The maximum absolute atomic E-state index is 9.41. The summed E-state index contributed by atoms with van der Waals surface area (Å²) in [6, 6.07) is 0. The molecule has 0 unspecified atom stereocenters. The molecule has 0 aromatic rings. The monoisotopic (exact) mass is 206 g/mol. The van der Waals surface area contributed by atoms with E-state index in [1.54, 1.807) is 0 Å². The average molecular weight is 206 g/mol. The number of aliphatic carboxylic acids is 2. The molecule has 0 aliphatic rings. The molecule has 0 saturated carbocycles. The molecule has 0 saturated heterocycles. The highest BCUT2D eigenvalue weighted by Crippen LogP contribution is 1.73. The van der Waals surface area contributed by atoms with Crippen molar-refractivity contribution in [2.75, 3.05) is 0 Å². The second-order valence-electron chi connectivity index (χ2n) is 2.18. The topological polar surface area (TPSA) is 153 Å². The van der Waals surface area contributed by atoms with E-state index in [1.807, 2.05) is 13.8 Å². The highest BCUT2D eigenvalue weighted by Gasteiger charge is 1.71. The lowest BCUT2D eigenvalue weighted by atomic mass is 10.4. The lowest BCUT2D eigenvalue weighted by Gasteiger charge is -1.90. The Labute approximate surface area is 83.1 Å². The van der Waals surface area contributed by atoms with Crippen LogP contribution in [0, 0.1) is 0 Å². The summed E-state index contributed by atoms with van der Waals surface area (Å²) in [7, 11) is 0. The van der Waals surface area contributed by atoms with E-state index in [0.717, 1.165) is 0 Å². The largest absolute Gasteiger partial charge is 0.545 e. The van der Waals surface area contributed by atoms with Gasteiger partial charge in [0, 0.05) is 0 Å². The maximum atomic E-state index is 9.41. The third-order valence-electron chi connectivity index (χ3n) is 0.355. The lowest BCUT2D eigenvalue weighted by Crippen LogP contribution is -2.23. The minimum Gasteiger partial charge on any atom is -0.545 e. The molecule has 14 heavy (non-hydrogen) atoms. The van der Waals surface area contributed by atoms with Crippen LogP contribution in [-0.4, -0.2) is 11.9 Å². The Morgan fingerprint density at radius 2 is 1.14 bits per heavy atom. The summed E-state index contributed by atoms with van der Waals surface area (Å²) in [5.74, 6) is -3.09. The number of carbonyl (C=O) groups is 2. The van der Waals surface area contributed by atoms with Gasteiger partial charge in [0.25, 0.3) is 0 Å². The Bertz CT molecular complexity index is 191. The van der Waals surface area contributed by atoms with Crippen molar-refractivity contribution >= 4 is 11.9 Å². The first-order valence-corrected chi connectivity index (χ1v) is 3.08. The molecule has 0 radical (unpaired) electrons. The van der Waals surface area contributed by atoms with Crippen LogP contribution >= 0.6 is 0 Å². The molecule has 6 heteroatoms. The molecule has 0 aromatic carbocycles. The van der Waals surface area contributed by atoms with E-state index in [1.165, 1.54) is 5.57 Å². The van der Waals surface area contributed by atoms with Crippen LogP contribution in [0.25, 0.3) is 0 Å². The van der Waals surface area contributed by atoms with E-state index in [9.17, 15) is 19.8 Å². The van der Waals surface area contributed by atoms with E-state index in [4.69, 9.17) is 0 Å². The Morgan fingerprint density at radius 3 is 1.21 bits per heavy atom. The zero-order chi connectivity index (χ0) is 10.1. The molecule has 0 fully saturated rings. The molecule has 0 atom stereocenters. The molecule has 0 aliphatic carbocycles. The van der Waals surface area contributed by atoms with Crippen molar-refractivity contribution in [2.45, 2.75) is 13.8 Å². The van der Waals surface area contributed by atoms with Crippen LogP contribution in [0.4, 0.5) is 0 Å². The van der Waals surface area contributed by atoms with Gasteiger partial charge in [-0.1, -0.05) is 5.57 Å². The first-order chi connectivity index (χ1) is 5.36. The fourth-order valence-electron chi connectivity index (χ4n) is 0.136. The maximum Gasteiger partial charge on any atom is 0.0643 e. The van der Waals surface area contributed by atoms with Gasteiger partial charge in [-0.3, -0.25) is 0 Å². The summed E-state index contributed by atoms with van der Waals surface area (Å²) in [4.78, 5) is 18.8. The van der Waals surface area contributed by atoms with Crippen molar-refractivity contribution in [1.82, 2.24) is 12.3 Å². The number of hydrogen-bond acceptors (Lipinski definition) is 4. The van der Waals surface area contributed by atoms with E-state index in [0.29, 0.717) is 12.2 Å². The van der Waals surface area contributed by atoms with Crippen LogP contribution in [0.1, 0.15) is 13.8 Å². The van der Waals surface area contributed by atoms with Crippen LogP contribution in [-0.2, 0) is 9.59 Å². The molecule has 6 nitrogen and oxygen atoms in total. The Morgan fingerprint density at radius 1 is 1.00 bits per heavy atom. The number of carboxylic acids is 2. The number of allylic oxidation sites excluding steroid dienone is 1. The van der Waals surface area contributed by atoms with Gasteiger partial charge >= 0.3 is 0 Å². The SMILES string of the molecule is C=C(C)C.O=C([O-])C=CC(=O)[O-].[NH4+].[NH4+]. The quantitative estimate of drug-likeness (QED) is 0.456. The first-order valence-electron chi connectivity index (χ1n) is 3.08. The van der Waals surface area contributed by atoms with Gasteiger partial charge in [-0.05, 0) is 26.0 Å². The van der Waals surface area contributed by atoms with Crippen molar-refractivity contribution in [3.05, 3.63) is 24.3 Å². The molecule has 0 aliphatic heterocycles. The summed E-state index contributed by atoms with van der Waals surface area (Å²) >= 11 is 0. The Balaban J connectivity index is -0.0000000733. The number of carboxylic acid groups (broad SMARTS) is 2. The fraction of sp³-hybridized carbons (Fsp3) is 0.250. The number of quaternary nitrogens is 2. The van der Waals surface area contributed by atoms with Gasteiger partial charge in [-0.25, -0.2) is 0 Å². The van der Waals surface area contributed by atoms with Gasteiger partial charge < -0.3 is 32.1 Å². The molecule has 0 amide bonds. The Hall–Kier alpha value is -1.66. The number of rotatable bonds is 2. The number of hydrogen-bond donors (Lipinski definition) is 2. The zero-order valence-corrected chi connectivity index (χ0v) is 8.99. The molecule has 0 heterocycles. The predicted octanol–water partition coefficient (Wildman–Crippen LogP) is -0.623. The summed E-state index contributed by atoms with van der Waals surface area (Å²) in [6.45, 7) is 7.50. The van der Waals surface area contributed by atoms with Gasteiger partial charge in [0.15, 0.2) is 0 Å². The molecular weight excluding hydrogens is 188 g/mol. The van der Waals surface area contributed by atoms with Crippen LogP contribution in [0.3, 0.4) is 0 Å². The summed E-state index contributed by atoms with van der Waals surface area (Å²) in [6.07, 6.45) is 0.769. The zero-order valence-electron chi connectivity index (χ0n) is 8.99. The summed E-state index contributed by atoms with van der Waals surface area (Å²) < 4.78 is 0. The highest BCUT2D eigenvalue weighted by molar-refractivity contribution is 5.87. The van der Waals surface area contributed by atoms with Crippen molar-refractivity contribution in [2.24, 2.45) is 0 Å². The predicted molar refractivity (Wildman–Crippen MR) is 51.6 cm³/mol. The smallest absolute Gasteiger partial charge is 0.0643 e. The fourth-order valence-corrected chi connectivity index (χ4v) is 0.136. The molecule has 0 rings (SSSR count). The van der Waals surface area contributed by atoms with Crippen molar-refractivity contribution in [3.8, 4) is 0 Å². The van der Waals surface area contributed by atoms with Gasteiger partial charge in [-0.15, -0.1) is 6.58 Å². The molecule has 0 spiro atoms. The second-order valence-corrected chi connectivity index (χ2v) is 2.18. The van der Waals surface area contributed by atoms with Crippen LogP contribution in [0.5, 0.6) is 0 Å². The molecule has 8 N–H and O–H groups in total.